The van der Waals surface area contributed by atoms with Gasteiger partial charge in [0.15, 0.2) is 5.88 Å². The zero-order chi connectivity index (χ0) is 29.6. The van der Waals surface area contributed by atoms with Gasteiger partial charge in [0.2, 0.25) is 5.91 Å². The average Bonchev–Trinajstić information content (AvgIpc) is 3.15. The molecule has 0 spiro atoms. The summed E-state index contributed by atoms with van der Waals surface area (Å²) in [5.74, 6) is -0.738. The molecule has 216 valence electrons. The van der Waals surface area contributed by atoms with E-state index in [9.17, 15) is 19.5 Å². The zero-order valence-corrected chi connectivity index (χ0v) is 23.6. The monoisotopic (exact) mass is 567 g/mol. The number of hydrogen-bond acceptors (Lipinski definition) is 7. The first-order valence-electron chi connectivity index (χ1n) is 13.8. The number of carbonyl (C=O) groups excluding carboxylic acids is 3. The molecule has 10 heteroatoms. The Morgan fingerprint density at radius 1 is 1.07 bits per heavy atom. The molecule has 0 radical (unpaired) electrons. The number of hydrogen-bond donors (Lipinski definition) is 4. The van der Waals surface area contributed by atoms with Crippen molar-refractivity contribution in [1.82, 2.24) is 20.5 Å². The van der Waals surface area contributed by atoms with Crippen molar-refractivity contribution in [2.75, 3.05) is 39.8 Å². The van der Waals surface area contributed by atoms with Gasteiger partial charge in [0.05, 0.1) is 36.2 Å². The summed E-state index contributed by atoms with van der Waals surface area (Å²) in [7, 11) is 1.33. The van der Waals surface area contributed by atoms with Gasteiger partial charge in [0, 0.05) is 48.2 Å². The van der Waals surface area contributed by atoms with Gasteiger partial charge >= 0.3 is 5.97 Å². The lowest BCUT2D eigenvalue weighted by atomic mass is 9.98. The highest BCUT2D eigenvalue weighted by Crippen LogP contribution is 2.33. The van der Waals surface area contributed by atoms with Gasteiger partial charge in [-0.1, -0.05) is 30.3 Å². The summed E-state index contributed by atoms with van der Waals surface area (Å²) < 4.78 is 4.90. The van der Waals surface area contributed by atoms with Crippen LogP contribution < -0.4 is 10.6 Å². The van der Waals surface area contributed by atoms with Crippen LogP contribution in [0.4, 0.5) is 5.69 Å². The van der Waals surface area contributed by atoms with Crippen molar-refractivity contribution < 1.29 is 24.2 Å². The van der Waals surface area contributed by atoms with Crippen molar-refractivity contribution in [1.29, 1.82) is 0 Å². The second-order valence-corrected chi connectivity index (χ2v) is 10.2. The smallest absolute Gasteiger partial charge is 0.338 e. The predicted octanol–water partition coefficient (Wildman–Crippen LogP) is 3.69. The van der Waals surface area contributed by atoms with Crippen molar-refractivity contribution >= 4 is 40.1 Å². The summed E-state index contributed by atoms with van der Waals surface area (Å²) in [6, 6.07) is 19.9. The third-order valence-corrected chi connectivity index (χ3v) is 7.24. The Kier molecular flexibility index (Phi) is 8.63. The minimum atomic E-state index is -0.458. The standard InChI is InChI=1S/C32H33N5O5/c1-20-17-25-26(18-24(20)32(41)42-2)36-31(40)28(25)29(21-7-4-3-5-8-21)35-23-11-9-22(10-12-23)30(39)34-14-16-37-15-6-13-33-27(38)19-37/h3-5,7-12,17-18,36,40H,6,13-16,19H2,1-2H3,(H,33,38)(H,34,39). The number of aromatic nitrogens is 1. The minimum absolute atomic E-state index is 0.00637. The van der Waals surface area contributed by atoms with Gasteiger partial charge < -0.3 is 25.5 Å². The van der Waals surface area contributed by atoms with Gasteiger partial charge in [0.1, 0.15) is 0 Å². The van der Waals surface area contributed by atoms with Crippen LogP contribution in [0, 0.1) is 6.92 Å². The van der Waals surface area contributed by atoms with Crippen LogP contribution in [0.3, 0.4) is 0 Å². The molecule has 5 rings (SSSR count). The SMILES string of the molecule is COC(=O)c1cc2[nH]c(O)c(C(=Nc3ccc(C(=O)NCCN4CCCNC(=O)C4)cc3)c3ccccc3)c2cc1C. The van der Waals surface area contributed by atoms with Crippen molar-refractivity contribution in [3.8, 4) is 5.88 Å². The van der Waals surface area contributed by atoms with E-state index in [4.69, 9.17) is 9.73 Å². The zero-order valence-electron chi connectivity index (χ0n) is 23.6. The predicted molar refractivity (Wildman–Crippen MR) is 161 cm³/mol. The number of nitrogens with one attached hydrogen (secondary N) is 3. The number of ether oxygens (including phenoxy) is 1. The molecule has 10 nitrogen and oxygen atoms in total. The van der Waals surface area contributed by atoms with Crippen LogP contribution in [0.15, 0.2) is 71.7 Å². The second kappa shape index (κ2) is 12.7. The van der Waals surface area contributed by atoms with Crippen LogP contribution in [-0.4, -0.2) is 78.3 Å². The third-order valence-electron chi connectivity index (χ3n) is 7.24. The summed E-state index contributed by atoms with van der Waals surface area (Å²) >= 11 is 0. The number of aliphatic imine (C=N–C) groups is 1. The van der Waals surface area contributed by atoms with Gasteiger partial charge in [-0.15, -0.1) is 0 Å². The fourth-order valence-electron chi connectivity index (χ4n) is 5.07. The summed E-state index contributed by atoms with van der Waals surface area (Å²) in [5, 5.41) is 17.5. The van der Waals surface area contributed by atoms with E-state index >= 15 is 0 Å². The number of nitrogens with zero attached hydrogens (tertiary/aromatic N) is 2. The van der Waals surface area contributed by atoms with Crippen LogP contribution in [0.25, 0.3) is 10.9 Å². The molecular formula is C32H33N5O5. The molecule has 1 aliphatic heterocycles. The van der Waals surface area contributed by atoms with Crippen molar-refractivity contribution in [2.24, 2.45) is 4.99 Å². The van der Waals surface area contributed by atoms with Crippen LogP contribution >= 0.6 is 0 Å². The maximum atomic E-state index is 12.8. The highest BCUT2D eigenvalue weighted by Gasteiger charge is 2.21. The van der Waals surface area contributed by atoms with Crippen LogP contribution in [0.1, 0.15) is 43.8 Å². The van der Waals surface area contributed by atoms with E-state index in [0.29, 0.717) is 70.7 Å². The number of methoxy groups -OCH3 is 1. The van der Waals surface area contributed by atoms with Crippen molar-refractivity contribution in [2.45, 2.75) is 13.3 Å². The van der Waals surface area contributed by atoms with Gasteiger partial charge in [-0.25, -0.2) is 9.79 Å². The molecule has 0 atom stereocenters. The molecule has 4 N–H and O–H groups in total. The van der Waals surface area contributed by atoms with Gasteiger partial charge in [-0.05, 0) is 55.3 Å². The quantitative estimate of drug-likeness (QED) is 0.189. The number of benzene rings is 3. The molecule has 42 heavy (non-hydrogen) atoms. The van der Waals surface area contributed by atoms with E-state index in [-0.39, 0.29) is 17.7 Å². The first-order chi connectivity index (χ1) is 20.3. The number of H-pyrrole nitrogens is 1. The molecule has 0 unspecified atom stereocenters. The molecule has 3 aromatic carbocycles. The Morgan fingerprint density at radius 2 is 1.83 bits per heavy atom. The molecule has 1 aliphatic rings. The molecule has 4 aromatic rings. The Balaban J connectivity index is 1.40. The van der Waals surface area contributed by atoms with E-state index in [2.05, 4.69) is 15.6 Å². The summed E-state index contributed by atoms with van der Waals surface area (Å²) in [6.07, 6.45) is 0.886. The lowest BCUT2D eigenvalue weighted by molar-refractivity contribution is -0.121. The molecule has 2 amide bonds. The molecule has 2 heterocycles. The lowest BCUT2D eigenvalue weighted by Crippen LogP contribution is -2.38. The Bertz CT molecular complexity index is 1640. The number of aromatic hydroxyl groups is 1. The lowest BCUT2D eigenvalue weighted by Gasteiger charge is -2.18. The Morgan fingerprint density at radius 3 is 2.57 bits per heavy atom. The fourth-order valence-corrected chi connectivity index (χ4v) is 5.07. The maximum absolute atomic E-state index is 12.8. The van der Waals surface area contributed by atoms with E-state index in [1.54, 1.807) is 30.3 Å². The largest absolute Gasteiger partial charge is 0.494 e. The summed E-state index contributed by atoms with van der Waals surface area (Å²) in [4.78, 5) is 46.6. The molecule has 1 fully saturated rings. The Hall–Kier alpha value is -4.96. The van der Waals surface area contributed by atoms with E-state index in [1.165, 1.54) is 7.11 Å². The number of rotatable bonds is 8. The van der Waals surface area contributed by atoms with Crippen LogP contribution in [-0.2, 0) is 9.53 Å². The van der Waals surface area contributed by atoms with Gasteiger partial charge in [0.25, 0.3) is 5.91 Å². The molecule has 1 aromatic heterocycles. The molecule has 0 saturated carbocycles. The molecular weight excluding hydrogens is 534 g/mol. The maximum Gasteiger partial charge on any atom is 0.338 e. The summed E-state index contributed by atoms with van der Waals surface area (Å²) in [5.41, 5.74) is 4.58. The van der Waals surface area contributed by atoms with E-state index in [0.717, 1.165) is 18.5 Å². The molecule has 0 bridgehead atoms. The average molecular weight is 568 g/mol. The number of aromatic amines is 1. The highest BCUT2D eigenvalue weighted by atomic mass is 16.5. The van der Waals surface area contributed by atoms with Crippen LogP contribution in [0.5, 0.6) is 5.88 Å². The van der Waals surface area contributed by atoms with E-state index in [1.807, 2.05) is 48.2 Å². The van der Waals surface area contributed by atoms with Crippen molar-refractivity contribution in [3.63, 3.8) is 0 Å². The highest BCUT2D eigenvalue weighted by molar-refractivity contribution is 6.22. The van der Waals surface area contributed by atoms with E-state index < -0.39 is 5.97 Å². The Labute approximate surface area is 243 Å². The third kappa shape index (κ3) is 6.34. The second-order valence-electron chi connectivity index (χ2n) is 10.2. The summed E-state index contributed by atoms with van der Waals surface area (Å²) in [6.45, 7) is 4.66. The number of amides is 2. The fraction of sp³-hybridized carbons (Fsp3) is 0.250. The number of carbonyl (C=O) groups is 3. The first kappa shape index (κ1) is 28.6. The molecule has 1 saturated heterocycles. The number of aryl methyl sites for hydroxylation is 1. The topological polar surface area (TPSA) is 136 Å². The number of fused-ring (bicyclic) bond motifs is 1. The van der Waals surface area contributed by atoms with Crippen molar-refractivity contribution in [3.05, 3.63) is 94.5 Å². The molecule has 0 aliphatic carbocycles. The normalized spacial score (nSPS) is 14.3. The number of esters is 1. The minimum Gasteiger partial charge on any atom is -0.494 e. The van der Waals surface area contributed by atoms with Crippen LogP contribution in [0.2, 0.25) is 0 Å². The van der Waals surface area contributed by atoms with Gasteiger partial charge in [-0.2, -0.15) is 0 Å². The van der Waals surface area contributed by atoms with Gasteiger partial charge in [-0.3, -0.25) is 14.5 Å². The first-order valence-corrected chi connectivity index (χ1v) is 13.8.